The molecule has 0 radical (unpaired) electrons. The molecule has 3 heteroatoms. The Morgan fingerprint density at radius 1 is 1.50 bits per heavy atom. The summed E-state index contributed by atoms with van der Waals surface area (Å²) in [5.74, 6) is 1.15. The molecule has 74 valence electrons. The second kappa shape index (κ2) is 3.33. The fourth-order valence-electron chi connectivity index (χ4n) is 1.71. The number of benzene rings is 1. The van der Waals surface area contributed by atoms with Gasteiger partial charge >= 0.3 is 5.97 Å². The van der Waals surface area contributed by atoms with Gasteiger partial charge in [-0.25, -0.2) is 0 Å². The van der Waals surface area contributed by atoms with Gasteiger partial charge in [0.2, 0.25) is 0 Å². The normalized spacial score (nSPS) is 19.0. The minimum absolute atomic E-state index is 0.125. The minimum Gasteiger partial charge on any atom is -0.497 e. The Hall–Kier alpha value is -1.51. The van der Waals surface area contributed by atoms with Gasteiger partial charge in [0.15, 0.2) is 0 Å². The topological polar surface area (TPSA) is 35.5 Å². The molecule has 3 nitrogen and oxygen atoms in total. The molecule has 0 N–H and O–H groups in total. The number of carbonyl (C=O) groups excluding carboxylic acids is 1. The highest BCUT2D eigenvalue weighted by Crippen LogP contribution is 2.38. The molecule has 0 bridgehead atoms. The van der Waals surface area contributed by atoms with E-state index in [1.54, 1.807) is 19.2 Å². The molecule has 1 aromatic rings. The van der Waals surface area contributed by atoms with Crippen LogP contribution in [0.3, 0.4) is 0 Å². The Balaban J connectivity index is 2.44. The van der Waals surface area contributed by atoms with Crippen molar-refractivity contribution in [3.8, 4) is 11.5 Å². The summed E-state index contributed by atoms with van der Waals surface area (Å²) in [6.07, 6.45) is 0.763. The Bertz CT molecular complexity index is 371. The van der Waals surface area contributed by atoms with Gasteiger partial charge < -0.3 is 9.47 Å². The fraction of sp³-hybridized carbons (Fsp3) is 0.364. The van der Waals surface area contributed by atoms with Crippen LogP contribution in [-0.4, -0.2) is 13.1 Å². The predicted molar refractivity (Wildman–Crippen MR) is 51.7 cm³/mol. The molecule has 0 saturated heterocycles. The van der Waals surface area contributed by atoms with Crippen LogP contribution >= 0.6 is 0 Å². The van der Waals surface area contributed by atoms with Crippen LogP contribution in [-0.2, 0) is 4.79 Å². The number of ether oxygens (including phenoxy) is 2. The van der Waals surface area contributed by atoms with Crippen molar-refractivity contribution < 1.29 is 14.3 Å². The number of hydrogen-bond donors (Lipinski definition) is 0. The number of hydrogen-bond acceptors (Lipinski definition) is 3. The molecule has 1 aliphatic heterocycles. The molecule has 1 heterocycles. The van der Waals surface area contributed by atoms with Crippen LogP contribution in [0.4, 0.5) is 0 Å². The lowest BCUT2D eigenvalue weighted by Crippen LogP contribution is -2.08. The lowest BCUT2D eigenvalue weighted by molar-refractivity contribution is -0.134. The molecule has 1 aliphatic rings. The Kier molecular flexibility index (Phi) is 2.15. The highest BCUT2D eigenvalue weighted by molar-refractivity contribution is 5.86. The third kappa shape index (κ3) is 1.25. The SMILES string of the molecule is CC[C@H]1C(=O)Oc2ccc(OC)cc21. The number of esters is 1. The maximum Gasteiger partial charge on any atom is 0.318 e. The number of methoxy groups -OCH3 is 1. The van der Waals surface area contributed by atoms with Gasteiger partial charge in [-0.05, 0) is 24.6 Å². The van der Waals surface area contributed by atoms with Gasteiger partial charge in [-0.3, -0.25) is 4.79 Å². The summed E-state index contributed by atoms with van der Waals surface area (Å²) in [5, 5.41) is 0. The molecule has 0 aromatic heterocycles. The first-order chi connectivity index (χ1) is 6.76. The van der Waals surface area contributed by atoms with E-state index < -0.39 is 0 Å². The summed E-state index contributed by atoms with van der Waals surface area (Å²) < 4.78 is 10.2. The van der Waals surface area contributed by atoms with E-state index in [0.717, 1.165) is 17.7 Å². The number of rotatable bonds is 2. The highest BCUT2D eigenvalue weighted by atomic mass is 16.5. The average Bonchev–Trinajstić information content (AvgIpc) is 2.52. The van der Waals surface area contributed by atoms with Crippen molar-refractivity contribution in [1.29, 1.82) is 0 Å². The summed E-state index contributed by atoms with van der Waals surface area (Å²) in [6, 6.07) is 5.44. The second-order valence-corrected chi connectivity index (χ2v) is 3.29. The monoisotopic (exact) mass is 192 g/mol. The van der Waals surface area contributed by atoms with E-state index in [1.165, 1.54) is 0 Å². The first kappa shape index (κ1) is 9.06. The summed E-state index contributed by atoms with van der Waals surface area (Å²) >= 11 is 0. The van der Waals surface area contributed by atoms with E-state index in [9.17, 15) is 4.79 Å². The van der Waals surface area contributed by atoms with E-state index in [-0.39, 0.29) is 11.9 Å². The standard InChI is InChI=1S/C11H12O3/c1-3-8-9-6-7(13-2)4-5-10(9)14-11(8)12/h4-6,8H,3H2,1-2H3/t8-/m1/s1. The molecule has 0 amide bonds. The third-order valence-electron chi connectivity index (χ3n) is 2.50. The van der Waals surface area contributed by atoms with Crippen molar-refractivity contribution in [2.75, 3.05) is 7.11 Å². The van der Waals surface area contributed by atoms with Crippen molar-refractivity contribution in [3.63, 3.8) is 0 Å². The van der Waals surface area contributed by atoms with Crippen molar-refractivity contribution in [2.45, 2.75) is 19.3 Å². The molecule has 1 aromatic carbocycles. The van der Waals surface area contributed by atoms with Gasteiger partial charge in [0.25, 0.3) is 0 Å². The van der Waals surface area contributed by atoms with Gasteiger partial charge in [-0.15, -0.1) is 0 Å². The number of fused-ring (bicyclic) bond motifs is 1. The van der Waals surface area contributed by atoms with Gasteiger partial charge in [0.05, 0.1) is 13.0 Å². The minimum atomic E-state index is -0.157. The van der Waals surface area contributed by atoms with Crippen molar-refractivity contribution in [3.05, 3.63) is 23.8 Å². The molecular formula is C11H12O3. The van der Waals surface area contributed by atoms with Crippen LogP contribution in [0.1, 0.15) is 24.8 Å². The maximum atomic E-state index is 11.4. The van der Waals surface area contributed by atoms with Crippen molar-refractivity contribution in [2.24, 2.45) is 0 Å². The van der Waals surface area contributed by atoms with Crippen LogP contribution in [0, 0.1) is 0 Å². The first-order valence-corrected chi connectivity index (χ1v) is 4.66. The molecule has 2 rings (SSSR count). The van der Waals surface area contributed by atoms with Crippen LogP contribution in [0.25, 0.3) is 0 Å². The summed E-state index contributed by atoms with van der Waals surface area (Å²) in [4.78, 5) is 11.4. The molecular weight excluding hydrogens is 180 g/mol. The average molecular weight is 192 g/mol. The van der Waals surface area contributed by atoms with Crippen LogP contribution in [0.2, 0.25) is 0 Å². The Morgan fingerprint density at radius 2 is 2.29 bits per heavy atom. The van der Waals surface area contributed by atoms with Gasteiger partial charge in [0, 0.05) is 5.56 Å². The zero-order valence-electron chi connectivity index (χ0n) is 8.24. The van der Waals surface area contributed by atoms with Gasteiger partial charge in [-0.2, -0.15) is 0 Å². The Morgan fingerprint density at radius 3 is 2.93 bits per heavy atom. The van der Waals surface area contributed by atoms with Crippen LogP contribution < -0.4 is 9.47 Å². The first-order valence-electron chi connectivity index (χ1n) is 4.66. The quantitative estimate of drug-likeness (QED) is 0.531. The van der Waals surface area contributed by atoms with Gasteiger partial charge in [-0.1, -0.05) is 6.92 Å². The molecule has 14 heavy (non-hydrogen) atoms. The lowest BCUT2D eigenvalue weighted by atomic mass is 9.98. The molecule has 0 fully saturated rings. The molecule has 1 atom stereocenters. The zero-order valence-corrected chi connectivity index (χ0v) is 8.24. The zero-order chi connectivity index (χ0) is 10.1. The van der Waals surface area contributed by atoms with Gasteiger partial charge in [0.1, 0.15) is 11.5 Å². The smallest absolute Gasteiger partial charge is 0.318 e. The predicted octanol–water partition coefficient (Wildman–Crippen LogP) is 2.11. The molecule has 0 spiro atoms. The van der Waals surface area contributed by atoms with Crippen LogP contribution in [0.15, 0.2) is 18.2 Å². The molecule has 0 aliphatic carbocycles. The highest BCUT2D eigenvalue weighted by Gasteiger charge is 2.31. The van der Waals surface area contributed by atoms with E-state index in [2.05, 4.69) is 0 Å². The maximum absolute atomic E-state index is 11.4. The second-order valence-electron chi connectivity index (χ2n) is 3.29. The third-order valence-corrected chi connectivity index (χ3v) is 2.50. The van der Waals surface area contributed by atoms with E-state index in [0.29, 0.717) is 5.75 Å². The summed E-state index contributed by atoms with van der Waals surface area (Å²) in [7, 11) is 1.61. The molecule has 0 saturated carbocycles. The number of carbonyl (C=O) groups is 1. The summed E-state index contributed by atoms with van der Waals surface area (Å²) in [6.45, 7) is 1.97. The summed E-state index contributed by atoms with van der Waals surface area (Å²) in [5.41, 5.74) is 0.942. The van der Waals surface area contributed by atoms with Crippen molar-refractivity contribution >= 4 is 5.97 Å². The van der Waals surface area contributed by atoms with Crippen molar-refractivity contribution in [1.82, 2.24) is 0 Å². The Labute approximate surface area is 82.6 Å². The van der Waals surface area contributed by atoms with Crippen LogP contribution in [0.5, 0.6) is 11.5 Å². The largest absolute Gasteiger partial charge is 0.497 e. The fourth-order valence-corrected chi connectivity index (χ4v) is 1.71. The van der Waals surface area contributed by atoms with E-state index in [4.69, 9.17) is 9.47 Å². The molecule has 0 unspecified atom stereocenters. The van der Waals surface area contributed by atoms with E-state index >= 15 is 0 Å². The lowest BCUT2D eigenvalue weighted by Gasteiger charge is -2.04. The van der Waals surface area contributed by atoms with E-state index in [1.807, 2.05) is 13.0 Å².